The van der Waals surface area contributed by atoms with Crippen molar-refractivity contribution in [1.29, 1.82) is 10.5 Å². The second-order valence-corrected chi connectivity index (χ2v) is 4.56. The molecule has 1 rings (SSSR count). The molecule has 4 heteroatoms. The lowest BCUT2D eigenvalue weighted by Crippen LogP contribution is -2.32. The van der Waals surface area contributed by atoms with Crippen LogP contribution in [0.2, 0.25) is 0 Å². The summed E-state index contributed by atoms with van der Waals surface area (Å²) in [5.74, 6) is 0.398. The SMILES string of the molecule is CC(C)N(CCC#N)c1ccc(CCl)cc1C#N. The van der Waals surface area contributed by atoms with Crippen molar-refractivity contribution in [2.75, 3.05) is 11.4 Å². The number of halogens is 1. The van der Waals surface area contributed by atoms with Gasteiger partial charge in [-0.05, 0) is 31.5 Å². The van der Waals surface area contributed by atoms with Gasteiger partial charge in [-0.1, -0.05) is 6.07 Å². The van der Waals surface area contributed by atoms with E-state index in [9.17, 15) is 5.26 Å². The highest BCUT2D eigenvalue weighted by atomic mass is 35.5. The van der Waals surface area contributed by atoms with Gasteiger partial charge in [-0.25, -0.2) is 0 Å². The maximum atomic E-state index is 9.21. The lowest BCUT2D eigenvalue weighted by Gasteiger charge is -2.29. The summed E-state index contributed by atoms with van der Waals surface area (Å²) in [7, 11) is 0. The summed E-state index contributed by atoms with van der Waals surface area (Å²) in [5, 5.41) is 17.9. The number of nitrogens with zero attached hydrogens (tertiary/aromatic N) is 3. The van der Waals surface area contributed by atoms with Crippen molar-refractivity contribution in [2.45, 2.75) is 32.2 Å². The minimum atomic E-state index is 0.243. The van der Waals surface area contributed by atoms with E-state index in [4.69, 9.17) is 16.9 Å². The Labute approximate surface area is 113 Å². The molecule has 0 N–H and O–H groups in total. The van der Waals surface area contributed by atoms with Gasteiger partial charge in [0.15, 0.2) is 0 Å². The van der Waals surface area contributed by atoms with Crippen LogP contribution in [0, 0.1) is 22.7 Å². The number of alkyl halides is 1. The normalized spacial score (nSPS) is 9.89. The third-order valence-electron chi connectivity index (χ3n) is 2.73. The van der Waals surface area contributed by atoms with Crippen molar-refractivity contribution in [3.63, 3.8) is 0 Å². The summed E-state index contributed by atoms with van der Waals surface area (Å²) in [6.45, 7) is 4.73. The first-order valence-electron chi connectivity index (χ1n) is 5.86. The third-order valence-corrected chi connectivity index (χ3v) is 3.04. The zero-order chi connectivity index (χ0) is 13.5. The number of benzene rings is 1. The Balaban J connectivity index is 3.12. The van der Waals surface area contributed by atoms with Crippen LogP contribution in [0.5, 0.6) is 0 Å². The van der Waals surface area contributed by atoms with Gasteiger partial charge in [-0.15, -0.1) is 11.6 Å². The van der Waals surface area contributed by atoms with E-state index >= 15 is 0 Å². The van der Waals surface area contributed by atoms with Crippen LogP contribution in [0.15, 0.2) is 18.2 Å². The minimum Gasteiger partial charge on any atom is -0.367 e. The molecule has 0 saturated heterocycles. The van der Waals surface area contributed by atoms with Crippen LogP contribution in [0.1, 0.15) is 31.4 Å². The molecule has 0 bridgehead atoms. The van der Waals surface area contributed by atoms with Gasteiger partial charge in [0.1, 0.15) is 6.07 Å². The zero-order valence-corrected chi connectivity index (χ0v) is 11.4. The zero-order valence-electron chi connectivity index (χ0n) is 10.7. The highest BCUT2D eigenvalue weighted by molar-refractivity contribution is 6.17. The van der Waals surface area contributed by atoms with E-state index in [1.807, 2.05) is 32.0 Å². The molecule has 1 aromatic carbocycles. The van der Waals surface area contributed by atoms with Crippen LogP contribution in [0.4, 0.5) is 5.69 Å². The van der Waals surface area contributed by atoms with E-state index < -0.39 is 0 Å². The topological polar surface area (TPSA) is 50.8 Å². The molecule has 0 spiro atoms. The molecule has 0 heterocycles. The molecule has 0 saturated carbocycles. The minimum absolute atomic E-state index is 0.243. The van der Waals surface area contributed by atoms with Gasteiger partial charge in [0.05, 0.1) is 23.7 Å². The van der Waals surface area contributed by atoms with E-state index in [2.05, 4.69) is 17.0 Å². The molecule has 0 unspecified atom stereocenters. The first-order valence-corrected chi connectivity index (χ1v) is 6.40. The number of hydrogen-bond donors (Lipinski definition) is 0. The van der Waals surface area contributed by atoms with Crippen molar-refractivity contribution in [3.8, 4) is 12.1 Å². The second-order valence-electron chi connectivity index (χ2n) is 4.29. The molecule has 0 atom stereocenters. The smallest absolute Gasteiger partial charge is 0.101 e. The van der Waals surface area contributed by atoms with Gasteiger partial charge in [0.25, 0.3) is 0 Å². The lowest BCUT2D eigenvalue weighted by molar-refractivity contribution is 0.686. The molecule has 0 radical (unpaired) electrons. The maximum Gasteiger partial charge on any atom is 0.101 e. The molecule has 0 amide bonds. The van der Waals surface area contributed by atoms with Crippen molar-refractivity contribution < 1.29 is 0 Å². The largest absolute Gasteiger partial charge is 0.367 e. The Bertz CT molecular complexity index is 483. The fourth-order valence-electron chi connectivity index (χ4n) is 1.83. The van der Waals surface area contributed by atoms with Crippen LogP contribution in [-0.2, 0) is 5.88 Å². The molecular weight excluding hydrogens is 246 g/mol. The number of nitriles is 2. The maximum absolute atomic E-state index is 9.21. The van der Waals surface area contributed by atoms with E-state index in [0.29, 0.717) is 24.4 Å². The quantitative estimate of drug-likeness (QED) is 0.763. The van der Waals surface area contributed by atoms with Crippen LogP contribution >= 0.6 is 11.6 Å². The van der Waals surface area contributed by atoms with Crippen molar-refractivity contribution in [3.05, 3.63) is 29.3 Å². The molecular formula is C14H16ClN3. The van der Waals surface area contributed by atoms with Crippen LogP contribution < -0.4 is 4.90 Å². The Morgan fingerprint density at radius 2 is 2.06 bits per heavy atom. The van der Waals surface area contributed by atoms with E-state index in [1.165, 1.54) is 0 Å². The van der Waals surface area contributed by atoms with E-state index in [0.717, 1.165) is 11.3 Å². The molecule has 0 aliphatic rings. The van der Waals surface area contributed by atoms with Crippen molar-refractivity contribution in [1.82, 2.24) is 0 Å². The highest BCUT2D eigenvalue weighted by Gasteiger charge is 2.14. The monoisotopic (exact) mass is 261 g/mol. The Kier molecular flexibility index (Phi) is 5.49. The first kappa shape index (κ1) is 14.4. The van der Waals surface area contributed by atoms with Gasteiger partial charge in [0, 0.05) is 18.5 Å². The Morgan fingerprint density at radius 1 is 1.33 bits per heavy atom. The average Bonchev–Trinajstić information content (AvgIpc) is 2.38. The van der Waals surface area contributed by atoms with Gasteiger partial charge in [0.2, 0.25) is 0 Å². The van der Waals surface area contributed by atoms with Crippen LogP contribution in [0.3, 0.4) is 0 Å². The summed E-state index contributed by atoms with van der Waals surface area (Å²) >= 11 is 5.77. The molecule has 1 aromatic rings. The van der Waals surface area contributed by atoms with Crippen LogP contribution in [-0.4, -0.2) is 12.6 Å². The first-order chi connectivity index (χ1) is 8.63. The molecule has 0 aliphatic heterocycles. The Hall–Kier alpha value is -1.71. The van der Waals surface area contributed by atoms with Gasteiger partial charge >= 0.3 is 0 Å². The predicted octanol–water partition coefficient (Wildman–Crippen LogP) is 3.43. The summed E-state index contributed by atoms with van der Waals surface area (Å²) < 4.78 is 0. The molecule has 3 nitrogen and oxygen atoms in total. The summed E-state index contributed by atoms with van der Waals surface area (Å²) in [6.07, 6.45) is 0.445. The Morgan fingerprint density at radius 3 is 2.56 bits per heavy atom. The van der Waals surface area contributed by atoms with E-state index in [1.54, 1.807) is 0 Å². The molecule has 0 aliphatic carbocycles. The molecule has 18 heavy (non-hydrogen) atoms. The van der Waals surface area contributed by atoms with Gasteiger partial charge < -0.3 is 4.90 Å². The average molecular weight is 262 g/mol. The summed E-state index contributed by atoms with van der Waals surface area (Å²) in [6, 6.07) is 10.2. The lowest BCUT2D eigenvalue weighted by atomic mass is 10.1. The van der Waals surface area contributed by atoms with Crippen LogP contribution in [0.25, 0.3) is 0 Å². The molecule has 0 fully saturated rings. The third kappa shape index (κ3) is 3.39. The number of hydrogen-bond acceptors (Lipinski definition) is 3. The number of anilines is 1. The molecule has 0 aromatic heterocycles. The molecule has 94 valence electrons. The van der Waals surface area contributed by atoms with E-state index in [-0.39, 0.29) is 6.04 Å². The fraction of sp³-hybridized carbons (Fsp3) is 0.429. The summed E-state index contributed by atoms with van der Waals surface area (Å²) in [4.78, 5) is 2.07. The van der Waals surface area contributed by atoms with Gasteiger partial charge in [-0.2, -0.15) is 10.5 Å². The fourth-order valence-corrected chi connectivity index (χ4v) is 2.00. The second kappa shape index (κ2) is 6.89. The van der Waals surface area contributed by atoms with Crippen molar-refractivity contribution in [2.24, 2.45) is 0 Å². The van der Waals surface area contributed by atoms with Gasteiger partial charge in [-0.3, -0.25) is 0 Å². The van der Waals surface area contributed by atoms with Crippen molar-refractivity contribution >= 4 is 17.3 Å². The summed E-state index contributed by atoms with van der Waals surface area (Å²) in [5.41, 5.74) is 2.41. The highest BCUT2D eigenvalue weighted by Crippen LogP contribution is 2.24. The standard InChI is InChI=1S/C14H16ClN3/c1-11(2)18(7-3-6-16)14-5-4-12(9-15)8-13(14)10-17/h4-5,8,11H,3,7,9H2,1-2H3. The predicted molar refractivity (Wildman–Crippen MR) is 73.4 cm³/mol. The number of rotatable bonds is 5.